The Morgan fingerprint density at radius 1 is 1.19 bits per heavy atom. The van der Waals surface area contributed by atoms with Crippen LogP contribution in [0.2, 0.25) is 0 Å². The van der Waals surface area contributed by atoms with Gasteiger partial charge in [0.1, 0.15) is 22.8 Å². The predicted octanol–water partition coefficient (Wildman–Crippen LogP) is 4.27. The van der Waals surface area contributed by atoms with Crippen molar-refractivity contribution in [1.29, 1.82) is 0 Å². The molecule has 1 aliphatic rings. The number of hydrogen-bond donors (Lipinski definition) is 1. The molecule has 0 saturated carbocycles. The van der Waals surface area contributed by atoms with E-state index in [0.717, 1.165) is 17.1 Å². The Morgan fingerprint density at radius 2 is 1.85 bits per heavy atom. The summed E-state index contributed by atoms with van der Waals surface area (Å²) in [6.45, 7) is 6.01. The molecule has 1 aliphatic heterocycles. The normalized spacial score (nSPS) is 18.6. The summed E-state index contributed by atoms with van der Waals surface area (Å²) in [6, 6.07) is 15.0. The van der Waals surface area contributed by atoms with Crippen LogP contribution in [0.1, 0.15) is 45.2 Å². The van der Waals surface area contributed by atoms with Gasteiger partial charge in [-0.15, -0.1) is 0 Å². The second-order valence-electron chi connectivity index (χ2n) is 7.36. The monoisotopic (exact) mass is 369 g/mol. The third-order valence-corrected chi connectivity index (χ3v) is 4.69. The number of carbonyl (C=O) groups excluding carboxylic acids is 1. The van der Waals surface area contributed by atoms with Crippen LogP contribution in [-0.2, 0) is 4.79 Å². The van der Waals surface area contributed by atoms with Crippen molar-refractivity contribution in [3.8, 4) is 17.2 Å². The Morgan fingerprint density at radius 3 is 2.52 bits per heavy atom. The molecule has 0 spiro atoms. The third kappa shape index (κ3) is 4.54. The van der Waals surface area contributed by atoms with Crippen LogP contribution in [0.25, 0.3) is 0 Å². The van der Waals surface area contributed by atoms with Gasteiger partial charge in [0.15, 0.2) is 6.10 Å². The zero-order chi connectivity index (χ0) is 19.4. The second kappa shape index (κ2) is 7.91. The van der Waals surface area contributed by atoms with Gasteiger partial charge in [-0.1, -0.05) is 25.1 Å². The Bertz CT molecular complexity index is 785. The highest BCUT2D eigenvalue weighted by atomic mass is 16.5. The van der Waals surface area contributed by atoms with Crippen LogP contribution in [-0.4, -0.2) is 24.7 Å². The lowest BCUT2D eigenvalue weighted by atomic mass is 9.89. The maximum Gasteiger partial charge on any atom is 0.261 e. The Kier molecular flexibility index (Phi) is 5.59. The molecule has 0 aliphatic carbocycles. The molecule has 27 heavy (non-hydrogen) atoms. The van der Waals surface area contributed by atoms with E-state index in [2.05, 4.69) is 5.32 Å². The van der Waals surface area contributed by atoms with Gasteiger partial charge in [0, 0.05) is 12.0 Å². The van der Waals surface area contributed by atoms with E-state index in [1.807, 2.05) is 69.3 Å². The minimum absolute atomic E-state index is 0.106. The number of amides is 1. The van der Waals surface area contributed by atoms with Gasteiger partial charge >= 0.3 is 0 Å². The number of methoxy groups -OCH3 is 1. The summed E-state index contributed by atoms with van der Waals surface area (Å²) in [4.78, 5) is 12.9. The summed E-state index contributed by atoms with van der Waals surface area (Å²) in [6.07, 6.45) is 0.720. The van der Waals surface area contributed by atoms with Crippen molar-refractivity contribution in [2.45, 2.75) is 51.4 Å². The fourth-order valence-electron chi connectivity index (χ4n) is 3.34. The predicted molar refractivity (Wildman–Crippen MR) is 104 cm³/mol. The molecule has 1 N–H and O–H groups in total. The molecule has 2 aromatic rings. The minimum Gasteiger partial charge on any atom is -0.497 e. The Balaban J connectivity index is 1.72. The minimum atomic E-state index is -0.559. The van der Waals surface area contributed by atoms with Crippen molar-refractivity contribution in [3.05, 3.63) is 54.1 Å². The Labute approximate surface area is 160 Å². The van der Waals surface area contributed by atoms with Crippen LogP contribution in [0.5, 0.6) is 17.2 Å². The number of hydrogen-bond acceptors (Lipinski definition) is 4. The maximum absolute atomic E-state index is 12.9. The molecule has 0 fully saturated rings. The third-order valence-electron chi connectivity index (χ3n) is 4.69. The van der Waals surface area contributed by atoms with E-state index < -0.39 is 6.10 Å². The van der Waals surface area contributed by atoms with E-state index in [-0.39, 0.29) is 17.6 Å². The molecule has 1 heterocycles. The number of fused-ring (bicyclic) bond motifs is 1. The fraction of sp³-hybridized carbons (Fsp3) is 0.409. The SMILES string of the molecule is CCC(Oc1ccc(OC)cc1)C(=O)NC1CC(C)(C)Oc2ccccc21. The first kappa shape index (κ1) is 19.1. The molecular weight excluding hydrogens is 342 g/mol. The molecule has 0 aromatic heterocycles. The molecule has 0 bridgehead atoms. The standard InChI is InChI=1S/C22H27NO4/c1-5-19(26-16-12-10-15(25-4)11-13-16)21(24)23-18-14-22(2,3)27-20-9-7-6-8-17(18)20/h6-13,18-19H,5,14H2,1-4H3,(H,23,24). The van der Waals surface area contributed by atoms with Crippen LogP contribution in [0.15, 0.2) is 48.5 Å². The first-order valence-corrected chi connectivity index (χ1v) is 9.31. The molecule has 3 rings (SSSR count). The van der Waals surface area contributed by atoms with Gasteiger partial charge in [0.25, 0.3) is 5.91 Å². The lowest BCUT2D eigenvalue weighted by molar-refractivity contribution is -0.129. The zero-order valence-corrected chi connectivity index (χ0v) is 16.3. The van der Waals surface area contributed by atoms with Crippen LogP contribution >= 0.6 is 0 Å². The summed E-state index contributed by atoms with van der Waals surface area (Å²) in [5.41, 5.74) is 0.662. The van der Waals surface area contributed by atoms with Crippen molar-refractivity contribution in [2.24, 2.45) is 0 Å². The molecular formula is C22H27NO4. The van der Waals surface area contributed by atoms with Gasteiger partial charge in [-0.05, 0) is 50.6 Å². The number of carbonyl (C=O) groups is 1. The number of rotatable bonds is 6. The largest absolute Gasteiger partial charge is 0.497 e. The molecule has 1 amide bonds. The number of para-hydroxylation sites is 1. The highest BCUT2D eigenvalue weighted by molar-refractivity contribution is 5.81. The Hall–Kier alpha value is -2.69. The molecule has 0 saturated heterocycles. The molecule has 5 nitrogen and oxygen atoms in total. The average Bonchev–Trinajstić information content (AvgIpc) is 2.65. The van der Waals surface area contributed by atoms with Gasteiger partial charge in [-0.2, -0.15) is 0 Å². The fourth-order valence-corrected chi connectivity index (χ4v) is 3.34. The van der Waals surface area contributed by atoms with Crippen LogP contribution in [0.3, 0.4) is 0 Å². The van der Waals surface area contributed by atoms with Gasteiger partial charge in [0.2, 0.25) is 0 Å². The second-order valence-corrected chi connectivity index (χ2v) is 7.36. The summed E-state index contributed by atoms with van der Waals surface area (Å²) < 4.78 is 17.1. The number of ether oxygens (including phenoxy) is 3. The molecule has 2 unspecified atom stereocenters. The van der Waals surface area contributed by atoms with E-state index in [0.29, 0.717) is 18.6 Å². The zero-order valence-electron chi connectivity index (χ0n) is 16.3. The highest BCUT2D eigenvalue weighted by Crippen LogP contribution is 2.39. The van der Waals surface area contributed by atoms with Gasteiger partial charge in [-0.3, -0.25) is 4.79 Å². The van der Waals surface area contributed by atoms with E-state index in [9.17, 15) is 4.79 Å². The smallest absolute Gasteiger partial charge is 0.261 e. The lowest BCUT2D eigenvalue weighted by Gasteiger charge is -2.38. The first-order chi connectivity index (χ1) is 12.9. The summed E-state index contributed by atoms with van der Waals surface area (Å²) >= 11 is 0. The summed E-state index contributed by atoms with van der Waals surface area (Å²) in [5, 5.41) is 3.16. The van der Waals surface area contributed by atoms with Crippen LogP contribution in [0.4, 0.5) is 0 Å². The number of benzene rings is 2. The van der Waals surface area contributed by atoms with E-state index >= 15 is 0 Å². The quantitative estimate of drug-likeness (QED) is 0.826. The molecule has 0 radical (unpaired) electrons. The molecule has 144 valence electrons. The van der Waals surface area contributed by atoms with Crippen molar-refractivity contribution in [3.63, 3.8) is 0 Å². The van der Waals surface area contributed by atoms with Gasteiger partial charge in [0.05, 0.1) is 13.2 Å². The van der Waals surface area contributed by atoms with Crippen molar-refractivity contribution < 1.29 is 19.0 Å². The summed E-state index contributed by atoms with van der Waals surface area (Å²) in [7, 11) is 1.62. The molecule has 5 heteroatoms. The topological polar surface area (TPSA) is 56.8 Å². The maximum atomic E-state index is 12.9. The van der Waals surface area contributed by atoms with Crippen LogP contribution in [0, 0.1) is 0 Å². The highest BCUT2D eigenvalue weighted by Gasteiger charge is 2.35. The van der Waals surface area contributed by atoms with Crippen molar-refractivity contribution in [1.82, 2.24) is 5.32 Å². The summed E-state index contributed by atoms with van der Waals surface area (Å²) in [5.74, 6) is 2.10. The van der Waals surface area contributed by atoms with Crippen molar-refractivity contribution >= 4 is 5.91 Å². The van der Waals surface area contributed by atoms with Gasteiger partial charge < -0.3 is 19.5 Å². The number of nitrogens with one attached hydrogen (secondary N) is 1. The van der Waals surface area contributed by atoms with E-state index in [1.54, 1.807) is 7.11 Å². The van der Waals surface area contributed by atoms with Crippen molar-refractivity contribution in [2.75, 3.05) is 7.11 Å². The molecule has 2 atom stereocenters. The van der Waals surface area contributed by atoms with E-state index in [1.165, 1.54) is 0 Å². The van der Waals surface area contributed by atoms with Crippen LogP contribution < -0.4 is 19.5 Å². The van der Waals surface area contributed by atoms with Gasteiger partial charge in [-0.25, -0.2) is 0 Å². The average molecular weight is 369 g/mol. The van der Waals surface area contributed by atoms with E-state index in [4.69, 9.17) is 14.2 Å². The lowest BCUT2D eigenvalue weighted by Crippen LogP contribution is -2.45. The molecule has 2 aromatic carbocycles. The first-order valence-electron chi connectivity index (χ1n) is 9.31.